The van der Waals surface area contributed by atoms with Crippen molar-refractivity contribution in [3.8, 4) is 11.6 Å². The molecule has 1 N–H and O–H groups in total. The molecule has 0 aliphatic carbocycles. The first-order valence-electron chi connectivity index (χ1n) is 8.43. The highest BCUT2D eigenvalue weighted by Crippen LogP contribution is 2.21. The average Bonchev–Trinajstić information content (AvgIpc) is 2.64. The summed E-state index contributed by atoms with van der Waals surface area (Å²) in [5, 5.41) is 2.50. The largest absolute Gasteiger partial charge is 0.439 e. The van der Waals surface area contributed by atoms with Gasteiger partial charge >= 0.3 is 0 Å². The van der Waals surface area contributed by atoms with Crippen molar-refractivity contribution < 1.29 is 22.3 Å². The van der Waals surface area contributed by atoms with Crippen molar-refractivity contribution in [2.45, 2.75) is 5.75 Å². The number of nitrogens with one attached hydrogen (secondary N) is 1. The lowest BCUT2D eigenvalue weighted by Gasteiger charge is -2.08. The molecule has 0 unspecified atom stereocenters. The summed E-state index contributed by atoms with van der Waals surface area (Å²) in [6.45, 7) is 0. The number of carbonyl (C=O) groups excluding carboxylic acids is 1. The van der Waals surface area contributed by atoms with Gasteiger partial charge in [-0.05, 0) is 48.0 Å². The molecule has 0 aliphatic rings. The van der Waals surface area contributed by atoms with E-state index in [1.54, 1.807) is 24.3 Å². The van der Waals surface area contributed by atoms with Gasteiger partial charge in [0.25, 0.3) is 0 Å². The Bertz CT molecular complexity index is 1100. The summed E-state index contributed by atoms with van der Waals surface area (Å²) in [6.07, 6.45) is 1.34. The molecule has 9 heteroatoms. The van der Waals surface area contributed by atoms with Gasteiger partial charge in [0, 0.05) is 10.5 Å². The van der Waals surface area contributed by atoms with Crippen LogP contribution in [0.2, 0.25) is 0 Å². The Morgan fingerprint density at radius 2 is 1.86 bits per heavy atom. The fourth-order valence-corrected chi connectivity index (χ4v) is 4.17. The van der Waals surface area contributed by atoms with Crippen LogP contribution in [0.5, 0.6) is 11.6 Å². The van der Waals surface area contributed by atoms with Crippen LogP contribution in [0.25, 0.3) is 0 Å². The molecule has 2 aromatic carbocycles. The lowest BCUT2D eigenvalue weighted by molar-refractivity contribution is -0.113. The van der Waals surface area contributed by atoms with E-state index in [2.05, 4.69) is 26.2 Å². The lowest BCUT2D eigenvalue weighted by atomic mass is 10.2. The molecule has 0 fully saturated rings. The quantitative estimate of drug-likeness (QED) is 0.546. The van der Waals surface area contributed by atoms with Crippen LogP contribution in [0.15, 0.2) is 71.3 Å². The number of hydrogen-bond acceptors (Lipinski definition) is 5. The number of sulfone groups is 1. The number of amides is 1. The first kappa shape index (κ1) is 20.9. The van der Waals surface area contributed by atoms with Crippen molar-refractivity contribution >= 4 is 37.4 Å². The minimum atomic E-state index is -3.63. The molecule has 1 aromatic heterocycles. The molecule has 1 amide bonds. The zero-order valence-electron chi connectivity index (χ0n) is 15.0. The Morgan fingerprint density at radius 1 is 1.10 bits per heavy atom. The van der Waals surface area contributed by atoms with E-state index in [4.69, 9.17) is 4.74 Å². The minimum Gasteiger partial charge on any atom is -0.439 e. The summed E-state index contributed by atoms with van der Waals surface area (Å²) in [6, 6.07) is 15.4. The van der Waals surface area contributed by atoms with Gasteiger partial charge in [-0.25, -0.2) is 17.8 Å². The topological polar surface area (TPSA) is 85.4 Å². The normalized spacial score (nSPS) is 11.1. The van der Waals surface area contributed by atoms with Crippen LogP contribution in [0.4, 0.5) is 10.1 Å². The number of ether oxygens (including phenoxy) is 1. The van der Waals surface area contributed by atoms with E-state index in [0.717, 1.165) is 4.47 Å². The highest BCUT2D eigenvalue weighted by molar-refractivity contribution is 9.10. The van der Waals surface area contributed by atoms with Crippen molar-refractivity contribution in [3.05, 3.63) is 82.7 Å². The van der Waals surface area contributed by atoms with Crippen LogP contribution in [0.3, 0.4) is 0 Å². The summed E-state index contributed by atoms with van der Waals surface area (Å²) in [5.41, 5.74) is 0.926. The van der Waals surface area contributed by atoms with Gasteiger partial charge in [-0.15, -0.1) is 0 Å². The number of rotatable bonds is 7. The maximum absolute atomic E-state index is 12.9. The minimum absolute atomic E-state index is 0.234. The van der Waals surface area contributed by atoms with Gasteiger partial charge < -0.3 is 10.1 Å². The van der Waals surface area contributed by atoms with Gasteiger partial charge in [0.2, 0.25) is 11.8 Å². The Balaban J connectivity index is 1.56. The molecule has 29 heavy (non-hydrogen) atoms. The standard InChI is InChI=1S/C20H16BrFN2O4S/c21-15-3-1-2-14(10-15)12-29(26,27)13-19(25)24-17-6-9-20(23-11-17)28-18-7-4-16(22)5-8-18/h1-11H,12-13H2,(H,24,25). The van der Waals surface area contributed by atoms with Crippen LogP contribution < -0.4 is 10.1 Å². The van der Waals surface area contributed by atoms with Crippen molar-refractivity contribution in [1.82, 2.24) is 4.98 Å². The number of carbonyl (C=O) groups is 1. The molecule has 0 saturated carbocycles. The van der Waals surface area contributed by atoms with Crippen molar-refractivity contribution in [3.63, 3.8) is 0 Å². The van der Waals surface area contributed by atoms with Gasteiger partial charge in [0.15, 0.2) is 9.84 Å². The predicted molar refractivity (Wildman–Crippen MR) is 111 cm³/mol. The molecular formula is C20H16BrFN2O4S. The van der Waals surface area contributed by atoms with Crippen molar-refractivity contribution in [1.29, 1.82) is 0 Å². The number of nitrogens with zero attached hydrogens (tertiary/aromatic N) is 1. The van der Waals surface area contributed by atoms with E-state index in [1.165, 1.54) is 42.6 Å². The monoisotopic (exact) mass is 478 g/mol. The molecule has 3 rings (SSSR count). The summed E-state index contributed by atoms with van der Waals surface area (Å²) in [7, 11) is -3.63. The van der Waals surface area contributed by atoms with Gasteiger partial charge in [-0.3, -0.25) is 4.79 Å². The number of hydrogen-bond donors (Lipinski definition) is 1. The van der Waals surface area contributed by atoms with E-state index in [9.17, 15) is 17.6 Å². The third-order valence-corrected chi connectivity index (χ3v) is 5.65. The van der Waals surface area contributed by atoms with Crippen LogP contribution >= 0.6 is 15.9 Å². The first-order chi connectivity index (χ1) is 13.8. The highest BCUT2D eigenvalue weighted by Gasteiger charge is 2.18. The molecule has 6 nitrogen and oxygen atoms in total. The van der Waals surface area contributed by atoms with Crippen LogP contribution in [-0.2, 0) is 20.4 Å². The second-order valence-corrected chi connectivity index (χ2v) is 9.13. The third-order valence-electron chi connectivity index (χ3n) is 3.68. The Kier molecular flexibility index (Phi) is 6.60. The summed E-state index contributed by atoms with van der Waals surface area (Å²) in [4.78, 5) is 16.1. The second kappa shape index (κ2) is 9.15. The molecule has 0 bridgehead atoms. The number of aromatic nitrogens is 1. The number of halogens is 2. The first-order valence-corrected chi connectivity index (χ1v) is 11.0. The molecule has 0 saturated heterocycles. The molecule has 0 aliphatic heterocycles. The van der Waals surface area contributed by atoms with Gasteiger partial charge in [0.05, 0.1) is 17.6 Å². The maximum atomic E-state index is 12.9. The molecule has 0 radical (unpaired) electrons. The zero-order chi connectivity index (χ0) is 20.9. The van der Waals surface area contributed by atoms with E-state index >= 15 is 0 Å². The van der Waals surface area contributed by atoms with Gasteiger partial charge in [-0.2, -0.15) is 0 Å². The summed E-state index contributed by atoms with van der Waals surface area (Å²) in [5.74, 6) is -1.26. The fraction of sp³-hybridized carbons (Fsp3) is 0.100. The zero-order valence-corrected chi connectivity index (χ0v) is 17.4. The van der Waals surface area contributed by atoms with Crippen molar-refractivity contribution in [2.75, 3.05) is 11.1 Å². The summed E-state index contributed by atoms with van der Waals surface area (Å²) >= 11 is 3.29. The summed E-state index contributed by atoms with van der Waals surface area (Å²) < 4.78 is 43.6. The highest BCUT2D eigenvalue weighted by atomic mass is 79.9. The van der Waals surface area contributed by atoms with Crippen LogP contribution in [-0.4, -0.2) is 25.1 Å². The molecule has 150 valence electrons. The van der Waals surface area contributed by atoms with Gasteiger partial charge in [0.1, 0.15) is 17.3 Å². The third kappa shape index (κ3) is 6.65. The van der Waals surface area contributed by atoms with E-state index < -0.39 is 21.5 Å². The average molecular weight is 479 g/mol. The van der Waals surface area contributed by atoms with Crippen LogP contribution in [0, 0.1) is 5.82 Å². The SMILES string of the molecule is O=C(CS(=O)(=O)Cc1cccc(Br)c1)Nc1ccc(Oc2ccc(F)cc2)nc1. The van der Waals surface area contributed by atoms with E-state index in [1.807, 2.05) is 0 Å². The number of anilines is 1. The fourth-order valence-electron chi connectivity index (χ4n) is 2.47. The van der Waals surface area contributed by atoms with E-state index in [-0.39, 0.29) is 17.5 Å². The Labute approximate surface area is 175 Å². The van der Waals surface area contributed by atoms with E-state index in [0.29, 0.717) is 17.0 Å². The lowest BCUT2D eigenvalue weighted by Crippen LogP contribution is -2.24. The number of benzene rings is 2. The molecular weight excluding hydrogens is 463 g/mol. The predicted octanol–water partition coefficient (Wildman–Crippen LogP) is 4.33. The second-order valence-electron chi connectivity index (χ2n) is 6.15. The van der Waals surface area contributed by atoms with Crippen molar-refractivity contribution in [2.24, 2.45) is 0 Å². The molecule has 0 spiro atoms. The molecule has 3 aromatic rings. The Morgan fingerprint density at radius 3 is 2.52 bits per heavy atom. The van der Waals surface area contributed by atoms with Gasteiger partial charge in [-0.1, -0.05) is 28.1 Å². The maximum Gasteiger partial charge on any atom is 0.239 e. The Hall–Kier alpha value is -2.78. The van der Waals surface area contributed by atoms with Crippen LogP contribution in [0.1, 0.15) is 5.56 Å². The smallest absolute Gasteiger partial charge is 0.239 e. The molecule has 0 atom stereocenters. The number of pyridine rings is 1. The molecule has 1 heterocycles.